The number of carbonyl (C=O) groups excluding carboxylic acids is 1. The van der Waals surface area contributed by atoms with Gasteiger partial charge in [-0.1, -0.05) is 0 Å². The average molecular weight is 313 g/mol. The molecule has 0 heterocycles. The van der Waals surface area contributed by atoms with E-state index in [4.69, 9.17) is 5.26 Å². The summed E-state index contributed by atoms with van der Waals surface area (Å²) in [6.45, 7) is 0. The third kappa shape index (κ3) is 4.01. The number of carbonyl (C=O) groups is 1. The van der Waals surface area contributed by atoms with Gasteiger partial charge in [0.2, 0.25) is 0 Å². The first-order chi connectivity index (χ1) is 9.49. The monoisotopic (exact) mass is 313 g/mol. The number of hydrogen-bond acceptors (Lipinski definition) is 4. The first kappa shape index (κ1) is 16.6. The molecule has 0 spiro atoms. The lowest BCUT2D eigenvalue weighted by Crippen LogP contribution is -2.20. The molecule has 0 atom stereocenters. The molecule has 0 saturated heterocycles. The molecule has 0 radical (unpaired) electrons. The van der Waals surface area contributed by atoms with Crippen LogP contribution in [0.3, 0.4) is 0 Å². The first-order valence-electron chi connectivity index (χ1n) is 4.99. The minimum Gasteiger partial charge on any atom is -0.465 e. The molecule has 0 amide bonds. The van der Waals surface area contributed by atoms with Crippen molar-refractivity contribution in [1.29, 1.82) is 5.26 Å². The lowest BCUT2D eigenvalue weighted by molar-refractivity contribution is -0.274. The minimum absolute atomic E-state index is 0.211. The third-order valence-corrected chi connectivity index (χ3v) is 2.15. The number of ether oxygens (including phenoxy) is 2. The zero-order chi connectivity index (χ0) is 16.4. The third-order valence-electron chi connectivity index (χ3n) is 2.15. The van der Waals surface area contributed by atoms with E-state index in [-0.39, 0.29) is 12.1 Å². The van der Waals surface area contributed by atoms with Crippen molar-refractivity contribution in [3.8, 4) is 11.8 Å². The van der Waals surface area contributed by atoms with E-state index in [0.717, 1.165) is 13.2 Å². The highest BCUT2D eigenvalue weighted by Crippen LogP contribution is 2.38. The van der Waals surface area contributed by atoms with Crippen LogP contribution in [-0.4, -0.2) is 19.4 Å². The second-order valence-corrected chi connectivity index (χ2v) is 3.54. The van der Waals surface area contributed by atoms with Crippen molar-refractivity contribution in [3.63, 3.8) is 0 Å². The molecule has 1 rings (SSSR count). The summed E-state index contributed by atoms with van der Waals surface area (Å²) in [4.78, 5) is 11.3. The molecule has 10 heteroatoms. The molecular formula is C11H5F6NO3. The molecule has 1 aromatic rings. The molecule has 0 N–H and O–H groups in total. The summed E-state index contributed by atoms with van der Waals surface area (Å²) in [5.74, 6) is -2.68. The Morgan fingerprint density at radius 2 is 1.76 bits per heavy atom. The van der Waals surface area contributed by atoms with Gasteiger partial charge in [0.05, 0.1) is 29.9 Å². The molecule has 0 aromatic heterocycles. The van der Waals surface area contributed by atoms with E-state index in [1.54, 1.807) is 0 Å². The summed E-state index contributed by atoms with van der Waals surface area (Å²) in [5.41, 5.74) is -4.13. The van der Waals surface area contributed by atoms with Gasteiger partial charge in [-0.2, -0.15) is 18.4 Å². The number of nitrogens with zero attached hydrogens (tertiary/aromatic N) is 1. The zero-order valence-electron chi connectivity index (χ0n) is 10.1. The van der Waals surface area contributed by atoms with Gasteiger partial charge in [0, 0.05) is 0 Å². The van der Waals surface area contributed by atoms with Gasteiger partial charge in [-0.25, -0.2) is 4.79 Å². The highest BCUT2D eigenvalue weighted by Gasteiger charge is 2.40. The standard InChI is InChI=1S/C11H5F6NO3/c1-20-9(19)7-3-6(21-11(15,16)17)2-5(4-18)8(7)10(12,13)14/h2-3H,1H3. The molecule has 0 aliphatic rings. The maximum Gasteiger partial charge on any atom is 0.573 e. The highest BCUT2D eigenvalue weighted by atomic mass is 19.4. The Kier molecular flexibility index (Phi) is 4.36. The van der Waals surface area contributed by atoms with Crippen molar-refractivity contribution in [2.24, 2.45) is 0 Å². The van der Waals surface area contributed by atoms with Crippen LogP contribution in [0.5, 0.6) is 5.75 Å². The lowest BCUT2D eigenvalue weighted by Gasteiger charge is -2.16. The van der Waals surface area contributed by atoms with Gasteiger partial charge in [-0.05, 0) is 12.1 Å². The number of rotatable bonds is 2. The van der Waals surface area contributed by atoms with Gasteiger partial charge in [0.15, 0.2) is 0 Å². The number of halogens is 6. The molecule has 4 nitrogen and oxygen atoms in total. The number of esters is 1. The smallest absolute Gasteiger partial charge is 0.465 e. The second kappa shape index (κ2) is 5.51. The molecule has 0 unspecified atom stereocenters. The van der Waals surface area contributed by atoms with Crippen molar-refractivity contribution in [3.05, 3.63) is 28.8 Å². The second-order valence-electron chi connectivity index (χ2n) is 3.54. The summed E-state index contributed by atoms with van der Waals surface area (Å²) >= 11 is 0. The van der Waals surface area contributed by atoms with Gasteiger partial charge in [0.1, 0.15) is 5.75 Å². The fourth-order valence-corrected chi connectivity index (χ4v) is 1.47. The normalized spacial score (nSPS) is 11.7. The topological polar surface area (TPSA) is 59.3 Å². The zero-order valence-corrected chi connectivity index (χ0v) is 10.1. The van der Waals surface area contributed by atoms with Crippen LogP contribution in [0.1, 0.15) is 21.5 Å². The van der Waals surface area contributed by atoms with Crippen LogP contribution in [0.15, 0.2) is 12.1 Å². The predicted molar refractivity (Wildman–Crippen MR) is 54.2 cm³/mol. The Morgan fingerprint density at radius 3 is 2.14 bits per heavy atom. The molecular weight excluding hydrogens is 308 g/mol. The van der Waals surface area contributed by atoms with Crippen molar-refractivity contribution in [2.45, 2.75) is 12.5 Å². The molecule has 0 aliphatic heterocycles. The van der Waals surface area contributed by atoms with E-state index in [1.807, 2.05) is 0 Å². The van der Waals surface area contributed by atoms with E-state index in [9.17, 15) is 31.1 Å². The summed E-state index contributed by atoms with van der Waals surface area (Å²) in [6.07, 6.45) is -10.3. The molecule has 21 heavy (non-hydrogen) atoms. The van der Waals surface area contributed by atoms with Gasteiger partial charge in [0.25, 0.3) is 0 Å². The number of hydrogen-bond donors (Lipinski definition) is 0. The summed E-state index contributed by atoms with van der Waals surface area (Å²) in [6, 6.07) is 1.52. The van der Waals surface area contributed by atoms with Gasteiger partial charge in [-0.15, -0.1) is 13.2 Å². The fraction of sp³-hybridized carbons (Fsp3) is 0.273. The van der Waals surface area contributed by atoms with Crippen molar-refractivity contribution in [1.82, 2.24) is 0 Å². The Hall–Kier alpha value is -2.44. The van der Waals surface area contributed by atoms with E-state index in [0.29, 0.717) is 0 Å². The maximum atomic E-state index is 12.8. The maximum absolute atomic E-state index is 12.8. The molecule has 0 bridgehead atoms. The first-order valence-corrected chi connectivity index (χ1v) is 4.99. The highest BCUT2D eigenvalue weighted by molar-refractivity contribution is 5.92. The number of benzene rings is 1. The Labute approximate surface area is 113 Å². The summed E-state index contributed by atoms with van der Waals surface area (Å²) < 4.78 is 82.3. The average Bonchev–Trinajstić information content (AvgIpc) is 2.33. The molecule has 0 saturated carbocycles. The van der Waals surface area contributed by atoms with Crippen LogP contribution in [0.25, 0.3) is 0 Å². The SMILES string of the molecule is COC(=O)c1cc(OC(F)(F)F)cc(C#N)c1C(F)(F)F. The largest absolute Gasteiger partial charge is 0.573 e. The fourth-order valence-electron chi connectivity index (χ4n) is 1.47. The lowest BCUT2D eigenvalue weighted by atomic mass is 10.0. The molecule has 114 valence electrons. The predicted octanol–water partition coefficient (Wildman–Crippen LogP) is 3.26. The van der Waals surface area contributed by atoms with Crippen LogP contribution >= 0.6 is 0 Å². The quantitative estimate of drug-likeness (QED) is 0.621. The van der Waals surface area contributed by atoms with Crippen LogP contribution in [0.2, 0.25) is 0 Å². The molecule has 1 aromatic carbocycles. The van der Waals surface area contributed by atoms with E-state index in [2.05, 4.69) is 9.47 Å². The van der Waals surface area contributed by atoms with Gasteiger partial charge < -0.3 is 9.47 Å². The van der Waals surface area contributed by atoms with E-state index >= 15 is 0 Å². The molecule has 0 aliphatic carbocycles. The van der Waals surface area contributed by atoms with Crippen LogP contribution < -0.4 is 4.74 Å². The van der Waals surface area contributed by atoms with Gasteiger partial charge >= 0.3 is 18.5 Å². The summed E-state index contributed by atoms with van der Waals surface area (Å²) in [7, 11) is 0.742. The van der Waals surface area contributed by atoms with Crippen LogP contribution in [-0.2, 0) is 10.9 Å². The van der Waals surface area contributed by atoms with Crippen molar-refractivity contribution >= 4 is 5.97 Å². The molecule has 0 fully saturated rings. The number of nitriles is 1. The number of alkyl halides is 6. The Bertz CT molecular complexity index is 600. The number of methoxy groups -OCH3 is 1. The Morgan fingerprint density at radius 1 is 1.19 bits per heavy atom. The van der Waals surface area contributed by atoms with Crippen molar-refractivity contribution < 1.29 is 40.6 Å². The van der Waals surface area contributed by atoms with Gasteiger partial charge in [-0.3, -0.25) is 0 Å². The van der Waals surface area contributed by atoms with Crippen LogP contribution in [0.4, 0.5) is 26.3 Å². The summed E-state index contributed by atoms with van der Waals surface area (Å²) in [5, 5.41) is 8.64. The van der Waals surface area contributed by atoms with E-state index in [1.165, 1.54) is 0 Å². The van der Waals surface area contributed by atoms with Crippen LogP contribution in [0, 0.1) is 11.3 Å². The van der Waals surface area contributed by atoms with Crippen molar-refractivity contribution in [2.75, 3.05) is 7.11 Å². The van der Waals surface area contributed by atoms with E-state index < -0.39 is 40.9 Å². The minimum atomic E-state index is -5.19. The Balaban J connectivity index is 3.59.